The summed E-state index contributed by atoms with van der Waals surface area (Å²) in [4.78, 5) is 49.3. The van der Waals surface area contributed by atoms with Gasteiger partial charge in [-0.15, -0.1) is 0 Å². The molecule has 16 nitrogen and oxygen atoms in total. The van der Waals surface area contributed by atoms with Gasteiger partial charge in [-0.3, -0.25) is 9.59 Å². The molecule has 0 fully saturated rings. The Bertz CT molecular complexity index is 3500. The molecule has 2 spiro atoms. The molecule has 2 atom stereocenters. The normalized spacial score (nSPS) is 15.9. The van der Waals surface area contributed by atoms with Crippen LogP contribution in [0.2, 0.25) is 0 Å². The molecule has 0 bridgehead atoms. The summed E-state index contributed by atoms with van der Waals surface area (Å²) >= 11 is 0. The molecule has 0 aliphatic carbocycles. The van der Waals surface area contributed by atoms with Gasteiger partial charge in [-0.25, -0.2) is 9.59 Å². The van der Waals surface area contributed by atoms with Crippen molar-refractivity contribution in [2.24, 2.45) is 0 Å². The highest BCUT2D eigenvalue weighted by atomic mass is 16.7. The van der Waals surface area contributed by atoms with Crippen LogP contribution in [-0.2, 0) is 49.2 Å². The van der Waals surface area contributed by atoms with Crippen LogP contribution in [0.5, 0.6) is 34.5 Å². The van der Waals surface area contributed by atoms with Crippen LogP contribution in [-0.4, -0.2) is 79.0 Å². The third kappa shape index (κ3) is 11.8. The third-order valence-corrected chi connectivity index (χ3v) is 14.2. The van der Waals surface area contributed by atoms with Crippen LogP contribution in [0.3, 0.4) is 0 Å². The number of rotatable bonds is 11. The molecule has 432 valence electrons. The van der Waals surface area contributed by atoms with Gasteiger partial charge >= 0.3 is 17.9 Å². The lowest BCUT2D eigenvalue weighted by molar-refractivity contribution is -0.151. The summed E-state index contributed by atoms with van der Waals surface area (Å²) in [5, 5.41) is 0. The van der Waals surface area contributed by atoms with Crippen molar-refractivity contribution in [2.75, 3.05) is 58.8 Å². The van der Waals surface area contributed by atoms with Crippen molar-refractivity contribution in [1.82, 2.24) is 0 Å². The van der Waals surface area contributed by atoms with E-state index in [2.05, 4.69) is 14.5 Å². The maximum Gasteiger partial charge on any atom is 0.340 e. The number of methoxy groups -OCH3 is 3. The molecule has 8 aromatic rings. The first kappa shape index (κ1) is 59.0. The standard InChI is InChI=1S/2C30H25NO5.C6H12O2.C2H4O2/c2*1-19-8-14-25-27(16-19)35-28-17-21(31(2)20-9-12-22(13-10-20)34-18-33-3)11-15-26(28)30(25)24-7-5-4-6-23(24)29(32)36-30;1-5(7)8-6(2,3)4;1-4-2-3/h2*4-17H,18H2,1-3H3;1-4H3;2H,1H3. The minimum atomic E-state index is -1.05. The molecule has 2 unspecified atom stereocenters. The number of ether oxygens (including phenoxy) is 10. The fourth-order valence-electron chi connectivity index (χ4n) is 10.5. The Morgan fingerprint density at radius 2 is 0.845 bits per heavy atom. The van der Waals surface area contributed by atoms with Gasteiger partial charge in [-0.05, 0) is 143 Å². The van der Waals surface area contributed by atoms with Crippen molar-refractivity contribution >= 4 is 47.1 Å². The summed E-state index contributed by atoms with van der Waals surface area (Å²) in [6.45, 7) is 11.7. The van der Waals surface area contributed by atoms with Crippen LogP contribution < -0.4 is 28.7 Å². The summed E-state index contributed by atoms with van der Waals surface area (Å²) in [7, 11) is 8.49. The Kier molecular flexibility index (Phi) is 17.4. The fourth-order valence-corrected chi connectivity index (χ4v) is 10.5. The predicted molar refractivity (Wildman–Crippen MR) is 317 cm³/mol. The lowest BCUT2D eigenvalue weighted by Gasteiger charge is -2.37. The first-order chi connectivity index (χ1) is 40.3. The molecule has 12 rings (SSSR count). The number of carbonyl (C=O) groups excluding carboxylic acids is 4. The van der Waals surface area contributed by atoms with Gasteiger partial charge in [0.25, 0.3) is 6.47 Å². The number of aryl methyl sites for hydroxylation is 2. The molecule has 0 N–H and O–H groups in total. The van der Waals surface area contributed by atoms with E-state index in [1.807, 2.05) is 219 Å². The molecule has 4 heterocycles. The van der Waals surface area contributed by atoms with E-state index in [0.717, 1.165) is 78.8 Å². The number of carbonyl (C=O) groups is 4. The van der Waals surface area contributed by atoms with Crippen LogP contribution >= 0.6 is 0 Å². The SMILES string of the molecule is CC(=O)OC(C)(C)C.COC=O.COCOc1ccc(N(C)c2ccc3c(c2)Oc2cc(C)ccc2C32OC(=O)c3ccccc32)cc1.COCOc1ccc(N(C)c2ccc3c(c2)Oc2cc(C)ccc2C32OC(=O)c3ccccc32)cc1. The summed E-state index contributed by atoms with van der Waals surface area (Å²) in [6, 6.07) is 54.8. The second-order valence-electron chi connectivity index (χ2n) is 21.0. The van der Waals surface area contributed by atoms with E-state index in [9.17, 15) is 14.4 Å². The average Bonchev–Trinajstić information content (AvgIpc) is 1.50. The van der Waals surface area contributed by atoms with E-state index in [0.29, 0.717) is 40.6 Å². The van der Waals surface area contributed by atoms with E-state index in [4.69, 9.17) is 47.4 Å². The summed E-state index contributed by atoms with van der Waals surface area (Å²) < 4.78 is 54.9. The highest BCUT2D eigenvalue weighted by Crippen LogP contribution is 2.58. The summed E-state index contributed by atoms with van der Waals surface area (Å²) in [5.74, 6) is 3.26. The van der Waals surface area contributed by atoms with Gasteiger partial charge in [0.2, 0.25) is 0 Å². The monoisotopic (exact) mass is 1130 g/mol. The zero-order valence-corrected chi connectivity index (χ0v) is 48.8. The Hall–Kier alpha value is -9.64. The molecule has 0 aromatic heterocycles. The van der Waals surface area contributed by atoms with Crippen LogP contribution in [0.4, 0.5) is 22.7 Å². The van der Waals surface area contributed by atoms with E-state index in [1.54, 1.807) is 14.2 Å². The summed E-state index contributed by atoms with van der Waals surface area (Å²) in [5.41, 5.74) is 9.61. The molecule has 0 amide bonds. The summed E-state index contributed by atoms with van der Waals surface area (Å²) in [6.07, 6.45) is 0. The van der Waals surface area contributed by atoms with Crippen molar-refractivity contribution in [3.63, 3.8) is 0 Å². The molecule has 84 heavy (non-hydrogen) atoms. The molecule has 0 saturated heterocycles. The van der Waals surface area contributed by atoms with Gasteiger partial charge in [-0.2, -0.15) is 0 Å². The Morgan fingerprint density at radius 1 is 0.500 bits per heavy atom. The van der Waals surface area contributed by atoms with Gasteiger partial charge in [0, 0.05) is 104 Å². The quantitative estimate of drug-likeness (QED) is 0.0519. The number of fused-ring (bicyclic) bond motifs is 12. The largest absolute Gasteiger partial charge is 0.471 e. The van der Waals surface area contributed by atoms with Crippen LogP contribution in [0.25, 0.3) is 0 Å². The van der Waals surface area contributed by atoms with E-state index in [1.165, 1.54) is 14.0 Å². The molecule has 0 saturated carbocycles. The van der Waals surface area contributed by atoms with Crippen molar-refractivity contribution in [1.29, 1.82) is 0 Å². The van der Waals surface area contributed by atoms with Gasteiger partial charge < -0.3 is 57.2 Å². The lowest BCUT2D eigenvalue weighted by atomic mass is 9.77. The third-order valence-electron chi connectivity index (χ3n) is 14.2. The number of nitrogens with zero attached hydrogens (tertiary/aromatic N) is 2. The van der Waals surface area contributed by atoms with E-state index in [-0.39, 0.29) is 37.1 Å². The van der Waals surface area contributed by atoms with Crippen LogP contribution in [0.1, 0.15) is 92.9 Å². The maximum absolute atomic E-state index is 13.0. The first-order valence-corrected chi connectivity index (χ1v) is 27.0. The topological polar surface area (TPSA) is 167 Å². The predicted octanol–water partition coefficient (Wildman–Crippen LogP) is 13.8. The van der Waals surface area contributed by atoms with Crippen molar-refractivity contribution in [3.8, 4) is 34.5 Å². The van der Waals surface area contributed by atoms with Gasteiger partial charge in [0.15, 0.2) is 24.8 Å². The number of hydrogen-bond donors (Lipinski definition) is 0. The highest BCUT2D eigenvalue weighted by Gasteiger charge is 2.55. The first-order valence-electron chi connectivity index (χ1n) is 27.0. The Labute approximate surface area is 488 Å². The van der Waals surface area contributed by atoms with Crippen molar-refractivity contribution in [3.05, 3.63) is 225 Å². The van der Waals surface area contributed by atoms with Crippen molar-refractivity contribution in [2.45, 2.75) is 58.3 Å². The Balaban J connectivity index is 0.000000169. The molecule has 16 heteroatoms. The van der Waals surface area contributed by atoms with Crippen LogP contribution in [0.15, 0.2) is 170 Å². The van der Waals surface area contributed by atoms with Crippen LogP contribution in [0, 0.1) is 13.8 Å². The minimum Gasteiger partial charge on any atom is -0.471 e. The zero-order chi connectivity index (χ0) is 59.9. The molecule has 4 aliphatic heterocycles. The van der Waals surface area contributed by atoms with E-state index >= 15 is 0 Å². The number of esters is 3. The fraction of sp³-hybridized carbons (Fsp3) is 0.235. The molecular weight excluding hydrogens is 1070 g/mol. The molecule has 8 aromatic carbocycles. The molecule has 4 aliphatic rings. The second-order valence-corrected chi connectivity index (χ2v) is 21.0. The number of benzene rings is 8. The smallest absolute Gasteiger partial charge is 0.340 e. The second kappa shape index (κ2) is 24.8. The lowest BCUT2D eigenvalue weighted by Crippen LogP contribution is -2.33. The molecular formula is C68H66N2O14. The highest BCUT2D eigenvalue weighted by molar-refractivity contribution is 5.98. The maximum atomic E-state index is 13.0. The van der Waals surface area contributed by atoms with Gasteiger partial charge in [0.1, 0.15) is 40.1 Å². The van der Waals surface area contributed by atoms with E-state index < -0.39 is 11.2 Å². The number of anilines is 4. The Morgan fingerprint density at radius 3 is 1.18 bits per heavy atom. The van der Waals surface area contributed by atoms with Gasteiger partial charge in [-0.1, -0.05) is 60.7 Å². The molecule has 0 radical (unpaired) electrons. The number of hydrogen-bond acceptors (Lipinski definition) is 16. The minimum absolute atomic E-state index is 0.202. The average molecular weight is 1140 g/mol. The van der Waals surface area contributed by atoms with Crippen molar-refractivity contribution < 1.29 is 66.5 Å². The zero-order valence-electron chi connectivity index (χ0n) is 48.8. The van der Waals surface area contributed by atoms with Gasteiger partial charge in [0.05, 0.1) is 18.2 Å².